The van der Waals surface area contributed by atoms with Gasteiger partial charge in [-0.25, -0.2) is 0 Å². The smallest absolute Gasteiger partial charge is 0.256 e. The van der Waals surface area contributed by atoms with Gasteiger partial charge in [0, 0.05) is 12.2 Å². The van der Waals surface area contributed by atoms with Gasteiger partial charge in [-0.15, -0.1) is 0 Å². The van der Waals surface area contributed by atoms with Crippen LogP contribution in [0, 0.1) is 0 Å². The number of amides is 1. The first kappa shape index (κ1) is 18.3. The summed E-state index contributed by atoms with van der Waals surface area (Å²) in [5.74, 6) is 0.658. The fourth-order valence-corrected chi connectivity index (χ4v) is 4.38. The van der Waals surface area contributed by atoms with Crippen LogP contribution in [0.5, 0.6) is 0 Å². The summed E-state index contributed by atoms with van der Waals surface area (Å²) in [6, 6.07) is 20.0. The van der Waals surface area contributed by atoms with Crippen molar-refractivity contribution in [2.45, 2.75) is 25.3 Å². The third-order valence-electron chi connectivity index (χ3n) is 4.59. The van der Waals surface area contributed by atoms with Crippen molar-refractivity contribution in [3.63, 3.8) is 0 Å². The van der Waals surface area contributed by atoms with Crippen molar-refractivity contribution >= 4 is 17.7 Å². The molecule has 3 aromatic rings. The van der Waals surface area contributed by atoms with Gasteiger partial charge in [-0.1, -0.05) is 77.6 Å². The fraction of sp³-hybridized carbons (Fsp3) is 0.190. The summed E-state index contributed by atoms with van der Waals surface area (Å²) in [6.07, 6.45) is 0.568. The van der Waals surface area contributed by atoms with E-state index in [1.807, 2.05) is 67.6 Å². The van der Waals surface area contributed by atoms with E-state index in [9.17, 15) is 4.79 Å². The van der Waals surface area contributed by atoms with Gasteiger partial charge in [-0.3, -0.25) is 4.79 Å². The average molecular weight is 392 g/mol. The van der Waals surface area contributed by atoms with E-state index in [-0.39, 0.29) is 5.37 Å². The highest BCUT2D eigenvalue weighted by Crippen LogP contribution is 2.47. The first-order chi connectivity index (χ1) is 13.6. The number of nitrogens with two attached hydrogens (primary N) is 1. The maximum atomic E-state index is 11.9. The number of allylic oxidation sites excluding steroid dienone is 1. The molecule has 0 fully saturated rings. The van der Waals surface area contributed by atoms with Crippen molar-refractivity contribution < 1.29 is 9.32 Å². The van der Waals surface area contributed by atoms with E-state index < -0.39 is 5.91 Å². The summed E-state index contributed by atoms with van der Waals surface area (Å²) in [7, 11) is 0. The van der Waals surface area contributed by atoms with Gasteiger partial charge in [-0.05, 0) is 18.1 Å². The molecule has 7 heteroatoms. The lowest BCUT2D eigenvalue weighted by Crippen LogP contribution is -2.22. The summed E-state index contributed by atoms with van der Waals surface area (Å²) in [6.45, 7) is 2.53. The fourth-order valence-electron chi connectivity index (χ4n) is 3.19. The van der Waals surface area contributed by atoms with E-state index in [1.54, 1.807) is 0 Å². The monoisotopic (exact) mass is 392 g/mol. The molecular weight excluding hydrogens is 372 g/mol. The Bertz CT molecular complexity index is 1000. The van der Waals surface area contributed by atoms with Crippen molar-refractivity contribution in [3.8, 4) is 0 Å². The molecule has 0 bridgehead atoms. The molecule has 0 radical (unpaired) electrons. The van der Waals surface area contributed by atoms with E-state index in [0.29, 0.717) is 29.6 Å². The van der Waals surface area contributed by atoms with Gasteiger partial charge >= 0.3 is 0 Å². The Hall–Kier alpha value is -3.06. The van der Waals surface area contributed by atoms with E-state index >= 15 is 0 Å². The molecule has 0 saturated carbocycles. The Labute approximate surface area is 167 Å². The molecule has 6 nitrogen and oxygen atoms in total. The van der Waals surface area contributed by atoms with Gasteiger partial charge < -0.3 is 15.2 Å². The summed E-state index contributed by atoms with van der Waals surface area (Å²) in [5.41, 5.74) is 8.65. The number of benzene rings is 2. The normalized spacial score (nSPS) is 16.6. The average Bonchev–Trinajstić information content (AvgIpc) is 3.28. The zero-order chi connectivity index (χ0) is 19.5. The molecule has 1 atom stereocenters. The van der Waals surface area contributed by atoms with Crippen LogP contribution < -0.4 is 5.73 Å². The number of thioether (sulfide) groups is 1. The second-order valence-corrected chi connectivity index (χ2v) is 7.66. The number of rotatable bonds is 6. The number of hydrogen-bond acceptors (Lipinski definition) is 6. The van der Waals surface area contributed by atoms with E-state index in [0.717, 1.165) is 16.8 Å². The van der Waals surface area contributed by atoms with Gasteiger partial charge in [0.25, 0.3) is 5.91 Å². The predicted molar refractivity (Wildman–Crippen MR) is 108 cm³/mol. The molecule has 0 aliphatic carbocycles. The first-order valence-corrected chi connectivity index (χ1v) is 9.84. The molecule has 28 heavy (non-hydrogen) atoms. The summed E-state index contributed by atoms with van der Waals surface area (Å²) < 4.78 is 5.47. The Kier molecular flexibility index (Phi) is 5.16. The lowest BCUT2D eigenvalue weighted by molar-refractivity contribution is -0.114. The van der Waals surface area contributed by atoms with Crippen LogP contribution >= 0.6 is 11.8 Å². The van der Waals surface area contributed by atoms with Gasteiger partial charge in [0.2, 0.25) is 11.7 Å². The lowest BCUT2D eigenvalue weighted by atomic mass is 10.1. The standard InChI is InChI=1S/C21H20N4O2S/c1-14-18(19(22)26)28-21(25(14)13-16-10-6-3-7-11-16)20-23-17(27-24-20)12-15-8-4-2-5-9-15/h2-11,21H,12-13H2,1H3,(H2,22,26). The molecule has 0 spiro atoms. The topological polar surface area (TPSA) is 85.2 Å². The molecule has 4 rings (SSSR count). The van der Waals surface area contributed by atoms with Crippen molar-refractivity contribution in [3.05, 3.63) is 94.1 Å². The molecule has 0 saturated heterocycles. The van der Waals surface area contributed by atoms with Crippen molar-refractivity contribution in [1.82, 2.24) is 15.0 Å². The number of hydrogen-bond donors (Lipinski definition) is 1. The van der Waals surface area contributed by atoms with Crippen LogP contribution in [0.1, 0.15) is 35.1 Å². The number of carbonyl (C=O) groups is 1. The van der Waals surface area contributed by atoms with E-state index in [4.69, 9.17) is 10.3 Å². The number of aromatic nitrogens is 2. The minimum absolute atomic E-state index is 0.254. The highest BCUT2D eigenvalue weighted by Gasteiger charge is 2.36. The molecule has 1 unspecified atom stereocenters. The zero-order valence-electron chi connectivity index (χ0n) is 15.4. The predicted octanol–water partition coefficient (Wildman–Crippen LogP) is 3.62. The minimum atomic E-state index is -0.434. The van der Waals surface area contributed by atoms with Crippen LogP contribution in [0.15, 0.2) is 75.8 Å². The summed E-state index contributed by atoms with van der Waals surface area (Å²) >= 11 is 1.37. The van der Waals surface area contributed by atoms with Crippen LogP contribution in [-0.4, -0.2) is 20.9 Å². The summed E-state index contributed by atoms with van der Waals surface area (Å²) in [4.78, 5) is 19.1. The van der Waals surface area contributed by atoms with Crippen LogP contribution in [0.4, 0.5) is 0 Å². The maximum Gasteiger partial charge on any atom is 0.256 e. The van der Waals surface area contributed by atoms with Crippen LogP contribution in [0.2, 0.25) is 0 Å². The van der Waals surface area contributed by atoms with Crippen LogP contribution in [-0.2, 0) is 17.8 Å². The Morgan fingerprint density at radius 2 is 1.75 bits per heavy atom. The summed E-state index contributed by atoms with van der Waals surface area (Å²) in [5, 5.41) is 3.93. The van der Waals surface area contributed by atoms with Gasteiger partial charge in [0.15, 0.2) is 0 Å². The SMILES string of the molecule is CC1=C(C(N)=O)SC(c2noc(Cc3ccccc3)n2)N1Cc1ccccc1. The van der Waals surface area contributed by atoms with E-state index in [1.165, 1.54) is 11.8 Å². The lowest BCUT2D eigenvalue weighted by Gasteiger charge is -2.25. The molecule has 1 aliphatic heterocycles. The molecule has 1 amide bonds. The molecular formula is C21H20N4O2S. The van der Waals surface area contributed by atoms with Crippen LogP contribution in [0.3, 0.4) is 0 Å². The molecule has 2 heterocycles. The molecule has 142 valence electrons. The Morgan fingerprint density at radius 3 is 2.39 bits per heavy atom. The van der Waals surface area contributed by atoms with Gasteiger partial charge in [0.05, 0.1) is 11.3 Å². The van der Waals surface area contributed by atoms with E-state index in [2.05, 4.69) is 15.0 Å². The molecule has 1 aliphatic rings. The number of nitrogens with zero attached hydrogens (tertiary/aromatic N) is 3. The second kappa shape index (κ2) is 7.90. The highest BCUT2D eigenvalue weighted by atomic mass is 32.2. The largest absolute Gasteiger partial charge is 0.365 e. The molecule has 1 aromatic heterocycles. The number of carbonyl (C=O) groups excluding carboxylic acids is 1. The van der Waals surface area contributed by atoms with Crippen molar-refractivity contribution in [2.24, 2.45) is 5.73 Å². The van der Waals surface area contributed by atoms with Crippen molar-refractivity contribution in [1.29, 1.82) is 0 Å². The van der Waals surface area contributed by atoms with Gasteiger partial charge in [0.1, 0.15) is 5.37 Å². The molecule has 2 N–H and O–H groups in total. The Balaban J connectivity index is 1.59. The second-order valence-electron chi connectivity index (χ2n) is 6.57. The Morgan fingerprint density at radius 1 is 1.11 bits per heavy atom. The quantitative estimate of drug-likeness (QED) is 0.690. The van der Waals surface area contributed by atoms with Crippen molar-refractivity contribution in [2.75, 3.05) is 0 Å². The first-order valence-electron chi connectivity index (χ1n) is 8.96. The number of primary amides is 1. The zero-order valence-corrected chi connectivity index (χ0v) is 16.2. The van der Waals surface area contributed by atoms with Crippen LogP contribution in [0.25, 0.3) is 0 Å². The maximum absolute atomic E-state index is 11.9. The molecule has 2 aromatic carbocycles. The minimum Gasteiger partial charge on any atom is -0.365 e. The highest BCUT2D eigenvalue weighted by molar-refractivity contribution is 8.04. The third kappa shape index (κ3) is 3.80. The van der Waals surface area contributed by atoms with Gasteiger partial charge in [-0.2, -0.15) is 4.98 Å². The third-order valence-corrected chi connectivity index (χ3v) is 6.02.